The third kappa shape index (κ3) is 1.27. The Hall–Kier alpha value is -1.82. The zero-order chi connectivity index (χ0) is 9.26. The molecule has 0 radical (unpaired) electrons. The van der Waals surface area contributed by atoms with Crippen LogP contribution < -0.4 is 0 Å². The molecule has 2 aromatic rings. The van der Waals surface area contributed by atoms with Gasteiger partial charge in [0.15, 0.2) is 12.0 Å². The summed E-state index contributed by atoms with van der Waals surface area (Å²) in [5, 5.41) is 8.71. The van der Waals surface area contributed by atoms with Crippen LogP contribution in [-0.2, 0) is 0 Å². The molecule has 0 aliphatic heterocycles. The van der Waals surface area contributed by atoms with Gasteiger partial charge in [-0.3, -0.25) is 0 Å². The second-order valence-corrected chi connectivity index (χ2v) is 2.93. The lowest BCUT2D eigenvalue weighted by Crippen LogP contribution is -1.87. The van der Waals surface area contributed by atoms with E-state index in [4.69, 9.17) is 9.68 Å². The number of oxazole rings is 1. The highest BCUT2D eigenvalue weighted by atomic mass is 16.3. The molecule has 64 valence electrons. The molecule has 0 N–H and O–H groups in total. The number of nitriles is 1. The normalized spacial score (nSPS) is 12.6. The third-order valence-electron chi connectivity index (χ3n) is 2.05. The topological polar surface area (TPSA) is 49.8 Å². The average Bonchev–Trinajstić information content (AvgIpc) is 2.63. The van der Waals surface area contributed by atoms with Crippen LogP contribution in [0.15, 0.2) is 29.0 Å². The van der Waals surface area contributed by atoms with Gasteiger partial charge in [-0.25, -0.2) is 4.98 Å². The fourth-order valence-electron chi connectivity index (χ4n) is 1.22. The van der Waals surface area contributed by atoms with Crippen LogP contribution in [-0.4, -0.2) is 4.98 Å². The molecule has 0 amide bonds. The lowest BCUT2D eigenvalue weighted by atomic mass is 10.0. The zero-order valence-corrected chi connectivity index (χ0v) is 7.19. The van der Waals surface area contributed by atoms with Gasteiger partial charge in [0, 0.05) is 0 Å². The van der Waals surface area contributed by atoms with Crippen molar-refractivity contribution in [3.05, 3.63) is 30.2 Å². The van der Waals surface area contributed by atoms with Gasteiger partial charge in [0.1, 0.15) is 5.52 Å². The lowest BCUT2D eigenvalue weighted by Gasteiger charge is -2.00. The summed E-state index contributed by atoms with van der Waals surface area (Å²) < 4.78 is 5.13. The highest BCUT2D eigenvalue weighted by Crippen LogP contribution is 2.19. The highest BCUT2D eigenvalue weighted by Gasteiger charge is 2.05. The monoisotopic (exact) mass is 172 g/mol. The van der Waals surface area contributed by atoms with Crippen molar-refractivity contribution < 1.29 is 4.42 Å². The predicted molar refractivity (Wildman–Crippen MR) is 48.0 cm³/mol. The summed E-state index contributed by atoms with van der Waals surface area (Å²) >= 11 is 0. The molecule has 13 heavy (non-hydrogen) atoms. The van der Waals surface area contributed by atoms with Crippen molar-refractivity contribution in [2.75, 3.05) is 0 Å². The Labute approximate surface area is 75.6 Å². The van der Waals surface area contributed by atoms with Crippen LogP contribution in [0.25, 0.3) is 11.1 Å². The van der Waals surface area contributed by atoms with Crippen molar-refractivity contribution in [1.82, 2.24) is 4.98 Å². The van der Waals surface area contributed by atoms with Crippen molar-refractivity contribution in [3.63, 3.8) is 0 Å². The summed E-state index contributed by atoms with van der Waals surface area (Å²) in [6.07, 6.45) is 1.41. The second-order valence-electron chi connectivity index (χ2n) is 2.93. The Bertz CT molecular complexity index is 467. The molecule has 1 unspecified atom stereocenters. The van der Waals surface area contributed by atoms with E-state index < -0.39 is 0 Å². The molecular weight excluding hydrogens is 164 g/mol. The molecule has 1 atom stereocenters. The van der Waals surface area contributed by atoms with E-state index in [1.165, 1.54) is 6.39 Å². The van der Waals surface area contributed by atoms with Gasteiger partial charge >= 0.3 is 0 Å². The molecule has 0 fully saturated rings. The largest absolute Gasteiger partial charge is 0.443 e. The summed E-state index contributed by atoms with van der Waals surface area (Å²) in [5.74, 6) is -0.102. The van der Waals surface area contributed by atoms with E-state index in [0.717, 1.165) is 16.7 Å². The minimum Gasteiger partial charge on any atom is -0.443 e. The number of rotatable bonds is 1. The molecule has 2 rings (SSSR count). The zero-order valence-electron chi connectivity index (χ0n) is 7.19. The summed E-state index contributed by atoms with van der Waals surface area (Å²) in [6.45, 7) is 1.86. The minimum atomic E-state index is -0.102. The van der Waals surface area contributed by atoms with Crippen molar-refractivity contribution in [2.45, 2.75) is 12.8 Å². The minimum absolute atomic E-state index is 0.102. The van der Waals surface area contributed by atoms with Crippen molar-refractivity contribution in [1.29, 1.82) is 5.26 Å². The number of hydrogen-bond acceptors (Lipinski definition) is 3. The van der Waals surface area contributed by atoms with Crippen LogP contribution in [0.2, 0.25) is 0 Å². The van der Waals surface area contributed by atoms with Crippen LogP contribution >= 0.6 is 0 Å². The maximum absolute atomic E-state index is 8.71. The first-order chi connectivity index (χ1) is 6.31. The van der Waals surface area contributed by atoms with Gasteiger partial charge in [0.25, 0.3) is 0 Å². The first-order valence-corrected chi connectivity index (χ1v) is 4.04. The Kier molecular flexibility index (Phi) is 1.75. The number of hydrogen-bond donors (Lipinski definition) is 0. The first kappa shape index (κ1) is 7.81. The molecule has 0 bridgehead atoms. The van der Waals surface area contributed by atoms with Gasteiger partial charge in [0.05, 0.1) is 12.0 Å². The fraction of sp³-hybridized carbons (Fsp3) is 0.200. The van der Waals surface area contributed by atoms with E-state index in [1.54, 1.807) is 0 Å². The third-order valence-corrected chi connectivity index (χ3v) is 2.05. The first-order valence-electron chi connectivity index (χ1n) is 4.04. The molecule has 0 aliphatic rings. The van der Waals surface area contributed by atoms with Gasteiger partial charge in [0.2, 0.25) is 0 Å². The number of nitrogens with zero attached hydrogens (tertiary/aromatic N) is 2. The van der Waals surface area contributed by atoms with Crippen LogP contribution in [0.1, 0.15) is 18.4 Å². The fourth-order valence-corrected chi connectivity index (χ4v) is 1.22. The maximum Gasteiger partial charge on any atom is 0.181 e. The van der Waals surface area contributed by atoms with Crippen molar-refractivity contribution in [3.8, 4) is 6.07 Å². The summed E-state index contributed by atoms with van der Waals surface area (Å²) in [6, 6.07) is 7.80. The summed E-state index contributed by atoms with van der Waals surface area (Å²) in [5.41, 5.74) is 2.53. The molecule has 0 saturated carbocycles. The summed E-state index contributed by atoms with van der Waals surface area (Å²) in [7, 11) is 0. The molecular formula is C10H8N2O. The van der Waals surface area contributed by atoms with Gasteiger partial charge in [-0.15, -0.1) is 0 Å². The lowest BCUT2D eigenvalue weighted by molar-refractivity contribution is 0.601. The van der Waals surface area contributed by atoms with Crippen molar-refractivity contribution >= 4 is 11.1 Å². The molecule has 3 heteroatoms. The standard InChI is InChI=1S/C10H8N2O/c1-7(5-11)8-2-3-9-10(4-8)13-6-12-9/h2-4,6-7H,1H3. The van der Waals surface area contributed by atoms with Crippen LogP contribution in [0.3, 0.4) is 0 Å². The van der Waals surface area contributed by atoms with Gasteiger partial charge in [-0.05, 0) is 24.6 Å². The smallest absolute Gasteiger partial charge is 0.181 e. The molecule has 1 aromatic carbocycles. The molecule has 3 nitrogen and oxygen atoms in total. The molecule has 0 spiro atoms. The molecule has 1 heterocycles. The second kappa shape index (κ2) is 2.91. The van der Waals surface area contributed by atoms with Crippen LogP contribution in [0.4, 0.5) is 0 Å². The average molecular weight is 172 g/mol. The van der Waals surface area contributed by atoms with Gasteiger partial charge < -0.3 is 4.42 Å². The van der Waals surface area contributed by atoms with E-state index in [2.05, 4.69) is 11.1 Å². The van der Waals surface area contributed by atoms with Crippen molar-refractivity contribution in [2.24, 2.45) is 0 Å². The number of benzene rings is 1. The molecule has 1 aromatic heterocycles. The van der Waals surface area contributed by atoms with E-state index >= 15 is 0 Å². The van der Waals surface area contributed by atoms with E-state index in [0.29, 0.717) is 0 Å². The summed E-state index contributed by atoms with van der Waals surface area (Å²) in [4.78, 5) is 4.00. The van der Waals surface area contributed by atoms with Gasteiger partial charge in [-0.2, -0.15) is 5.26 Å². The van der Waals surface area contributed by atoms with E-state index in [-0.39, 0.29) is 5.92 Å². The Morgan fingerprint density at radius 3 is 3.15 bits per heavy atom. The Balaban J connectivity index is 2.55. The highest BCUT2D eigenvalue weighted by molar-refractivity contribution is 5.73. The van der Waals surface area contributed by atoms with E-state index in [1.807, 2.05) is 25.1 Å². The Morgan fingerprint density at radius 2 is 2.38 bits per heavy atom. The van der Waals surface area contributed by atoms with Crippen LogP contribution in [0.5, 0.6) is 0 Å². The molecule has 0 saturated heterocycles. The predicted octanol–water partition coefficient (Wildman–Crippen LogP) is 2.45. The molecule has 0 aliphatic carbocycles. The maximum atomic E-state index is 8.71. The quantitative estimate of drug-likeness (QED) is 0.663. The van der Waals surface area contributed by atoms with E-state index in [9.17, 15) is 0 Å². The number of aromatic nitrogens is 1. The Morgan fingerprint density at radius 1 is 1.54 bits per heavy atom. The van der Waals surface area contributed by atoms with Gasteiger partial charge in [-0.1, -0.05) is 6.07 Å². The number of fused-ring (bicyclic) bond motifs is 1. The van der Waals surface area contributed by atoms with Crippen LogP contribution in [0, 0.1) is 11.3 Å². The SMILES string of the molecule is CC(C#N)c1ccc2ncoc2c1.